The average Bonchev–Trinajstić information content (AvgIpc) is 3.10. The van der Waals surface area contributed by atoms with Gasteiger partial charge < -0.3 is 19.5 Å². The fourth-order valence-electron chi connectivity index (χ4n) is 3.00. The highest BCUT2D eigenvalue weighted by Crippen LogP contribution is 2.24. The van der Waals surface area contributed by atoms with Gasteiger partial charge in [0.25, 0.3) is 0 Å². The lowest BCUT2D eigenvalue weighted by Gasteiger charge is -2.33. The van der Waals surface area contributed by atoms with Gasteiger partial charge >= 0.3 is 0 Å². The molecule has 2 amide bonds. The Labute approximate surface area is 144 Å². The molecular weight excluding hydrogens is 327 g/mol. The number of nitrogens with one attached hydrogen (secondary N) is 1. The third-order valence-electron chi connectivity index (χ3n) is 4.32. The number of likely N-dealkylation sites (N-methyl/N-ethyl adjacent to an activating group) is 1. The Morgan fingerprint density at radius 1 is 1.44 bits per heavy atom. The summed E-state index contributed by atoms with van der Waals surface area (Å²) in [5.74, 6) is -0.435. The molecule has 1 N–H and O–H groups in total. The van der Waals surface area contributed by atoms with Crippen molar-refractivity contribution in [3.8, 4) is 5.75 Å². The fraction of sp³-hybridized carbons (Fsp3) is 0.353. The van der Waals surface area contributed by atoms with Crippen molar-refractivity contribution in [2.45, 2.75) is 19.0 Å². The first kappa shape index (κ1) is 16.9. The number of nitrogens with zero attached hydrogens (tertiary/aromatic N) is 3. The third kappa shape index (κ3) is 3.33. The molecule has 0 radical (unpaired) electrons. The van der Waals surface area contributed by atoms with Gasteiger partial charge in [0, 0.05) is 24.9 Å². The van der Waals surface area contributed by atoms with E-state index in [1.165, 1.54) is 25.3 Å². The zero-order chi connectivity index (χ0) is 18.0. The number of benzene rings is 1. The molecule has 1 aliphatic rings. The molecular formula is C17H19FN4O3. The number of methoxy groups -OCH3 is 1. The van der Waals surface area contributed by atoms with E-state index in [2.05, 4.69) is 10.3 Å². The summed E-state index contributed by atoms with van der Waals surface area (Å²) in [6.07, 6.45) is 3.31. The largest absolute Gasteiger partial charge is 0.496 e. The monoisotopic (exact) mass is 346 g/mol. The number of rotatable bonds is 4. The van der Waals surface area contributed by atoms with Crippen molar-refractivity contribution in [2.24, 2.45) is 0 Å². The summed E-state index contributed by atoms with van der Waals surface area (Å²) in [5.41, 5.74) is 1.39. The number of fused-ring (bicyclic) bond motifs is 1. The van der Waals surface area contributed by atoms with Crippen LogP contribution >= 0.6 is 0 Å². The second-order valence-corrected chi connectivity index (χ2v) is 5.83. The summed E-state index contributed by atoms with van der Waals surface area (Å²) in [5, 5.41) is 2.61. The lowest BCUT2D eigenvalue weighted by atomic mass is 10.1. The van der Waals surface area contributed by atoms with Crippen LogP contribution in [0.2, 0.25) is 0 Å². The molecule has 3 rings (SSSR count). The Bertz CT molecular complexity index is 805. The maximum Gasteiger partial charge on any atom is 0.244 e. The highest BCUT2D eigenvalue weighted by molar-refractivity contribution is 5.83. The molecule has 132 valence electrons. The van der Waals surface area contributed by atoms with Crippen molar-refractivity contribution < 1.29 is 18.7 Å². The molecule has 1 aromatic carbocycles. The molecule has 0 spiro atoms. The fourth-order valence-corrected chi connectivity index (χ4v) is 3.00. The van der Waals surface area contributed by atoms with Crippen LogP contribution < -0.4 is 10.1 Å². The van der Waals surface area contributed by atoms with Gasteiger partial charge in [0.2, 0.25) is 11.8 Å². The van der Waals surface area contributed by atoms with E-state index in [4.69, 9.17) is 4.74 Å². The number of carbonyl (C=O) groups excluding carboxylic acids is 2. The van der Waals surface area contributed by atoms with E-state index in [0.29, 0.717) is 17.9 Å². The van der Waals surface area contributed by atoms with Crippen LogP contribution in [0.1, 0.15) is 17.3 Å². The number of aromatic nitrogens is 2. The Hall–Kier alpha value is -2.90. The second kappa shape index (κ2) is 6.92. The van der Waals surface area contributed by atoms with E-state index in [9.17, 15) is 14.0 Å². The third-order valence-corrected chi connectivity index (χ3v) is 4.32. The van der Waals surface area contributed by atoms with Gasteiger partial charge in [-0.3, -0.25) is 9.59 Å². The van der Waals surface area contributed by atoms with Gasteiger partial charge in [0.1, 0.15) is 17.6 Å². The van der Waals surface area contributed by atoms with Crippen LogP contribution in [0.4, 0.5) is 4.39 Å². The highest BCUT2D eigenvalue weighted by Gasteiger charge is 2.32. The first-order chi connectivity index (χ1) is 12.0. The predicted molar refractivity (Wildman–Crippen MR) is 87.4 cm³/mol. The zero-order valence-electron chi connectivity index (χ0n) is 14.0. The number of amides is 2. The summed E-state index contributed by atoms with van der Waals surface area (Å²) in [6, 6.07) is 3.57. The smallest absolute Gasteiger partial charge is 0.244 e. The SMILES string of the molecule is CNC(=O)[C@H]1CN(C(=O)Cc2ccc(F)cc2OC)Cc2cncn21. The maximum absolute atomic E-state index is 13.3. The molecule has 0 saturated heterocycles. The second-order valence-electron chi connectivity index (χ2n) is 5.83. The van der Waals surface area contributed by atoms with Crippen molar-refractivity contribution in [3.05, 3.63) is 47.8 Å². The molecule has 1 aromatic heterocycles. The summed E-state index contributed by atoms with van der Waals surface area (Å²) >= 11 is 0. The van der Waals surface area contributed by atoms with Gasteiger partial charge in [-0.2, -0.15) is 0 Å². The van der Waals surface area contributed by atoms with Crippen molar-refractivity contribution >= 4 is 11.8 Å². The van der Waals surface area contributed by atoms with Crippen molar-refractivity contribution in [3.63, 3.8) is 0 Å². The molecule has 0 bridgehead atoms. The minimum Gasteiger partial charge on any atom is -0.496 e. The first-order valence-corrected chi connectivity index (χ1v) is 7.86. The van der Waals surface area contributed by atoms with Crippen molar-refractivity contribution in [1.29, 1.82) is 0 Å². The topological polar surface area (TPSA) is 76.5 Å². The molecule has 0 fully saturated rings. The summed E-state index contributed by atoms with van der Waals surface area (Å²) < 4.78 is 20.2. The summed E-state index contributed by atoms with van der Waals surface area (Å²) in [6.45, 7) is 0.626. The predicted octanol–water partition coefficient (Wildman–Crippen LogP) is 0.903. The minimum atomic E-state index is -0.518. The molecule has 2 heterocycles. The van der Waals surface area contributed by atoms with Crippen LogP contribution in [0, 0.1) is 5.82 Å². The van der Waals surface area contributed by atoms with E-state index >= 15 is 0 Å². The van der Waals surface area contributed by atoms with E-state index in [1.54, 1.807) is 29.0 Å². The van der Waals surface area contributed by atoms with Crippen LogP contribution in [0.25, 0.3) is 0 Å². The normalized spacial score (nSPS) is 16.3. The van der Waals surface area contributed by atoms with E-state index in [1.807, 2.05) is 0 Å². The first-order valence-electron chi connectivity index (χ1n) is 7.86. The maximum atomic E-state index is 13.3. The molecule has 0 aliphatic carbocycles. The van der Waals surface area contributed by atoms with E-state index in [0.717, 1.165) is 5.69 Å². The zero-order valence-corrected chi connectivity index (χ0v) is 14.0. The highest BCUT2D eigenvalue weighted by atomic mass is 19.1. The number of hydrogen-bond donors (Lipinski definition) is 1. The number of halogens is 1. The Morgan fingerprint density at radius 2 is 2.24 bits per heavy atom. The Kier molecular flexibility index (Phi) is 4.69. The Morgan fingerprint density at radius 3 is 2.96 bits per heavy atom. The molecule has 1 atom stereocenters. The molecule has 8 heteroatoms. The summed E-state index contributed by atoms with van der Waals surface area (Å²) in [4.78, 5) is 30.5. The lowest BCUT2D eigenvalue weighted by molar-refractivity contribution is -0.134. The molecule has 1 aliphatic heterocycles. The van der Waals surface area contributed by atoms with Crippen LogP contribution in [-0.2, 0) is 22.6 Å². The van der Waals surface area contributed by atoms with Crippen LogP contribution in [0.15, 0.2) is 30.7 Å². The van der Waals surface area contributed by atoms with Gasteiger partial charge in [0.15, 0.2) is 0 Å². The van der Waals surface area contributed by atoms with E-state index in [-0.39, 0.29) is 24.8 Å². The molecule has 0 saturated carbocycles. The minimum absolute atomic E-state index is 0.0675. The van der Waals surface area contributed by atoms with Gasteiger partial charge in [0.05, 0.1) is 38.6 Å². The number of imidazole rings is 1. The standard InChI is InChI=1S/C17H19FN4O3/c1-19-17(24)14-9-21(8-13-7-20-10-22(13)14)16(23)5-11-3-4-12(18)6-15(11)25-2/h3-4,6-7,10,14H,5,8-9H2,1-2H3,(H,19,24)/t14-/m1/s1. The number of ether oxygens (including phenoxy) is 1. The van der Waals surface area contributed by atoms with Crippen LogP contribution in [0.5, 0.6) is 5.75 Å². The van der Waals surface area contributed by atoms with Gasteiger partial charge in [-0.05, 0) is 6.07 Å². The van der Waals surface area contributed by atoms with Gasteiger partial charge in [-0.25, -0.2) is 9.37 Å². The average molecular weight is 346 g/mol. The van der Waals surface area contributed by atoms with Crippen molar-refractivity contribution in [1.82, 2.24) is 19.8 Å². The van der Waals surface area contributed by atoms with Crippen molar-refractivity contribution in [2.75, 3.05) is 20.7 Å². The van der Waals surface area contributed by atoms with E-state index < -0.39 is 11.9 Å². The lowest BCUT2D eigenvalue weighted by Crippen LogP contribution is -2.46. The summed E-state index contributed by atoms with van der Waals surface area (Å²) in [7, 11) is 2.99. The van der Waals surface area contributed by atoms with Gasteiger partial charge in [-0.1, -0.05) is 6.07 Å². The quantitative estimate of drug-likeness (QED) is 0.893. The molecule has 2 aromatic rings. The molecule has 7 nitrogen and oxygen atoms in total. The Balaban J connectivity index is 1.80. The van der Waals surface area contributed by atoms with Crippen LogP contribution in [-0.4, -0.2) is 47.0 Å². The number of hydrogen-bond acceptors (Lipinski definition) is 4. The number of carbonyl (C=O) groups is 2. The molecule has 0 unspecified atom stereocenters. The van der Waals surface area contributed by atoms with Gasteiger partial charge in [-0.15, -0.1) is 0 Å². The van der Waals surface area contributed by atoms with Crippen LogP contribution in [0.3, 0.4) is 0 Å². The molecule has 25 heavy (non-hydrogen) atoms.